The van der Waals surface area contributed by atoms with E-state index in [4.69, 9.17) is 28.3 Å². The van der Waals surface area contributed by atoms with E-state index < -0.39 is 10.0 Å². The number of nitrogens with two attached hydrogens (primary N) is 1. The number of aryl methyl sites for hydroxylation is 1. The zero-order valence-corrected chi connectivity index (χ0v) is 17.9. The number of aromatic nitrogens is 5. The van der Waals surface area contributed by atoms with Crippen LogP contribution in [0, 0.1) is 6.92 Å². The van der Waals surface area contributed by atoms with Crippen LogP contribution < -0.4 is 5.14 Å². The van der Waals surface area contributed by atoms with Gasteiger partial charge >= 0.3 is 0 Å². The molecule has 3 heterocycles. The summed E-state index contributed by atoms with van der Waals surface area (Å²) in [7, 11) is -3.81. The molecular formula is C17H12Cl2N6O2S2. The largest absolute Gasteiger partial charge is 0.274 e. The smallest absolute Gasteiger partial charge is 0.249 e. The number of nitrogens with zero attached hydrogens (tertiary/aromatic N) is 5. The standard InChI is InChI=1S/C17H12Cl2N6O2S2/c1-9-4-13(10-2-3-11(18)12(19)5-10)24-17(23-9)25-7-14(22-8-25)16-21-6-15(28-16)29(20,26)27/h2-8H,1H3,(H2,20,26,27). The average Bonchev–Trinajstić information content (AvgIpc) is 3.32. The van der Waals surface area contributed by atoms with Crippen molar-refractivity contribution in [2.75, 3.05) is 0 Å². The summed E-state index contributed by atoms with van der Waals surface area (Å²) >= 11 is 13.0. The molecule has 4 rings (SSSR count). The van der Waals surface area contributed by atoms with Crippen LogP contribution in [0.2, 0.25) is 10.0 Å². The van der Waals surface area contributed by atoms with Crippen LogP contribution in [0.4, 0.5) is 0 Å². The topological polar surface area (TPSA) is 117 Å². The number of imidazole rings is 1. The second-order valence-corrected chi connectivity index (χ2v) is 9.65. The maximum atomic E-state index is 11.4. The van der Waals surface area contributed by atoms with Gasteiger partial charge in [-0.2, -0.15) is 0 Å². The summed E-state index contributed by atoms with van der Waals surface area (Å²) in [5, 5.41) is 6.45. The molecule has 0 radical (unpaired) electrons. The van der Waals surface area contributed by atoms with Gasteiger partial charge in [-0.3, -0.25) is 4.57 Å². The van der Waals surface area contributed by atoms with E-state index in [0.717, 1.165) is 22.6 Å². The van der Waals surface area contributed by atoms with Crippen LogP contribution in [0.3, 0.4) is 0 Å². The van der Waals surface area contributed by atoms with Crippen molar-refractivity contribution in [3.63, 3.8) is 0 Å². The Balaban J connectivity index is 1.72. The molecule has 0 saturated carbocycles. The van der Waals surface area contributed by atoms with Crippen molar-refractivity contribution in [1.82, 2.24) is 24.5 Å². The van der Waals surface area contributed by atoms with E-state index in [0.29, 0.717) is 32.4 Å². The number of hydrogen-bond donors (Lipinski definition) is 1. The van der Waals surface area contributed by atoms with Gasteiger partial charge in [-0.05, 0) is 25.1 Å². The predicted octanol–water partition coefficient (Wildman–Crippen LogP) is 3.72. The Kier molecular flexibility index (Phi) is 5.13. The van der Waals surface area contributed by atoms with E-state index in [1.807, 2.05) is 19.1 Å². The zero-order valence-electron chi connectivity index (χ0n) is 14.7. The van der Waals surface area contributed by atoms with Gasteiger partial charge in [0.2, 0.25) is 16.0 Å². The van der Waals surface area contributed by atoms with Gasteiger partial charge in [0.15, 0.2) is 4.21 Å². The van der Waals surface area contributed by atoms with Crippen molar-refractivity contribution in [2.24, 2.45) is 5.14 Å². The number of primary sulfonamides is 1. The number of sulfonamides is 1. The minimum atomic E-state index is -3.81. The molecule has 0 aliphatic rings. The normalized spacial score (nSPS) is 11.7. The third-order valence-corrected chi connectivity index (χ3v) is 7.02. The summed E-state index contributed by atoms with van der Waals surface area (Å²) in [6, 6.07) is 7.10. The van der Waals surface area contributed by atoms with E-state index in [-0.39, 0.29) is 4.21 Å². The third-order valence-electron chi connectivity index (χ3n) is 3.86. The molecule has 8 nitrogen and oxygen atoms in total. The van der Waals surface area contributed by atoms with E-state index in [2.05, 4.69) is 19.9 Å². The Morgan fingerprint density at radius 1 is 1.07 bits per heavy atom. The molecule has 148 valence electrons. The van der Waals surface area contributed by atoms with E-state index in [9.17, 15) is 8.42 Å². The molecule has 2 N–H and O–H groups in total. The Morgan fingerprint density at radius 3 is 2.55 bits per heavy atom. The highest BCUT2D eigenvalue weighted by Crippen LogP contribution is 2.29. The summed E-state index contributed by atoms with van der Waals surface area (Å²) in [5.41, 5.74) is 2.69. The van der Waals surface area contributed by atoms with Crippen molar-refractivity contribution in [3.8, 4) is 27.9 Å². The van der Waals surface area contributed by atoms with Crippen molar-refractivity contribution < 1.29 is 8.42 Å². The van der Waals surface area contributed by atoms with Gasteiger partial charge in [0, 0.05) is 17.5 Å². The molecule has 0 saturated heterocycles. The van der Waals surface area contributed by atoms with Crippen LogP contribution in [-0.4, -0.2) is 32.9 Å². The molecule has 3 aromatic heterocycles. The van der Waals surface area contributed by atoms with Crippen LogP contribution in [0.5, 0.6) is 0 Å². The van der Waals surface area contributed by atoms with Gasteiger partial charge < -0.3 is 0 Å². The lowest BCUT2D eigenvalue weighted by Crippen LogP contribution is -2.09. The highest BCUT2D eigenvalue weighted by Gasteiger charge is 2.16. The molecule has 0 fully saturated rings. The molecule has 0 amide bonds. The zero-order chi connectivity index (χ0) is 20.8. The number of hydrogen-bond acceptors (Lipinski definition) is 7. The molecule has 29 heavy (non-hydrogen) atoms. The lowest BCUT2D eigenvalue weighted by molar-refractivity contribution is 0.599. The molecular weight excluding hydrogens is 455 g/mol. The van der Waals surface area contributed by atoms with Crippen molar-refractivity contribution in [3.05, 3.63) is 58.7 Å². The minimum Gasteiger partial charge on any atom is -0.274 e. The van der Waals surface area contributed by atoms with Crippen LogP contribution in [-0.2, 0) is 10.0 Å². The molecule has 0 bridgehead atoms. The fourth-order valence-electron chi connectivity index (χ4n) is 2.52. The first kappa shape index (κ1) is 19.9. The maximum absolute atomic E-state index is 11.4. The fourth-order valence-corrected chi connectivity index (χ4v) is 4.33. The Hall–Kier alpha value is -2.37. The van der Waals surface area contributed by atoms with E-state index in [1.54, 1.807) is 22.9 Å². The first-order valence-corrected chi connectivity index (χ1v) is 11.2. The Morgan fingerprint density at radius 2 is 1.86 bits per heavy atom. The molecule has 0 atom stereocenters. The summed E-state index contributed by atoms with van der Waals surface area (Å²) in [6.45, 7) is 1.85. The van der Waals surface area contributed by atoms with Crippen LogP contribution in [0.25, 0.3) is 27.9 Å². The molecule has 1 aromatic carbocycles. The maximum Gasteiger partial charge on any atom is 0.249 e. The van der Waals surface area contributed by atoms with Crippen LogP contribution in [0.15, 0.2) is 47.2 Å². The van der Waals surface area contributed by atoms with Crippen LogP contribution >= 0.6 is 34.5 Å². The summed E-state index contributed by atoms with van der Waals surface area (Å²) in [6.07, 6.45) is 4.40. The van der Waals surface area contributed by atoms with Crippen molar-refractivity contribution >= 4 is 44.6 Å². The lowest BCUT2D eigenvalue weighted by atomic mass is 10.1. The Labute approximate surface area is 180 Å². The van der Waals surface area contributed by atoms with E-state index >= 15 is 0 Å². The quantitative estimate of drug-likeness (QED) is 0.489. The monoisotopic (exact) mass is 466 g/mol. The molecule has 12 heteroatoms. The van der Waals surface area contributed by atoms with Gasteiger partial charge in [-0.25, -0.2) is 33.5 Å². The van der Waals surface area contributed by atoms with Crippen molar-refractivity contribution in [1.29, 1.82) is 0 Å². The second kappa shape index (κ2) is 7.47. The molecule has 0 unspecified atom stereocenters. The number of thiazole rings is 1. The van der Waals surface area contributed by atoms with E-state index in [1.165, 1.54) is 12.5 Å². The SMILES string of the molecule is Cc1cc(-c2ccc(Cl)c(Cl)c2)nc(-n2cnc(-c3ncc(S(N)(=O)=O)s3)c2)n1. The molecule has 4 aromatic rings. The summed E-state index contributed by atoms with van der Waals surface area (Å²) in [5.74, 6) is 0.396. The van der Waals surface area contributed by atoms with Gasteiger partial charge in [-0.15, -0.1) is 0 Å². The number of halogens is 2. The highest BCUT2D eigenvalue weighted by molar-refractivity contribution is 7.91. The van der Waals surface area contributed by atoms with Gasteiger partial charge in [0.25, 0.3) is 0 Å². The Bertz CT molecular complexity index is 1330. The highest BCUT2D eigenvalue weighted by atomic mass is 35.5. The van der Waals surface area contributed by atoms with Crippen molar-refractivity contribution in [2.45, 2.75) is 11.1 Å². The lowest BCUT2D eigenvalue weighted by Gasteiger charge is -2.07. The van der Waals surface area contributed by atoms with Crippen LogP contribution in [0.1, 0.15) is 5.69 Å². The third kappa shape index (κ3) is 4.16. The molecule has 0 aliphatic heterocycles. The van der Waals surface area contributed by atoms with Gasteiger partial charge in [0.05, 0.1) is 21.9 Å². The summed E-state index contributed by atoms with van der Waals surface area (Å²) < 4.78 is 24.5. The molecule has 0 aliphatic carbocycles. The predicted molar refractivity (Wildman–Crippen MR) is 112 cm³/mol. The average molecular weight is 467 g/mol. The first-order chi connectivity index (χ1) is 13.7. The summed E-state index contributed by atoms with van der Waals surface area (Å²) in [4.78, 5) is 17.4. The number of benzene rings is 1. The fraction of sp³-hybridized carbons (Fsp3) is 0.0588. The first-order valence-electron chi connectivity index (χ1n) is 8.05. The second-order valence-electron chi connectivity index (χ2n) is 6.02. The molecule has 0 spiro atoms. The van der Waals surface area contributed by atoms with Gasteiger partial charge in [0.1, 0.15) is 17.0 Å². The minimum absolute atomic E-state index is 0.0317. The number of rotatable bonds is 4. The van der Waals surface area contributed by atoms with Gasteiger partial charge in [-0.1, -0.05) is 40.6 Å².